The van der Waals surface area contributed by atoms with Gasteiger partial charge < -0.3 is 10.3 Å². The Morgan fingerprint density at radius 2 is 1.96 bits per heavy atom. The highest BCUT2D eigenvalue weighted by molar-refractivity contribution is 7.08. The normalized spacial score (nSPS) is 16.4. The van der Waals surface area contributed by atoms with Gasteiger partial charge in [0.25, 0.3) is 0 Å². The maximum atomic E-state index is 5.99. The minimum absolute atomic E-state index is 0.410. The molecule has 1 aliphatic rings. The fourth-order valence-electron chi connectivity index (χ4n) is 4.32. The van der Waals surface area contributed by atoms with Crippen LogP contribution in [-0.4, -0.2) is 11.5 Å². The third-order valence-electron chi connectivity index (χ3n) is 5.78. The minimum atomic E-state index is 0.410. The standard InChI is InChI=1S/C24H23ClN2S/c25-19-7-4-16(5-8-19)10-12-26-23-3-1-2-20-21-14-17(18-11-13-28-15-18)6-9-22(21)27-24(20)23/h4-9,11,13-15,23,26-27H,1-3,10,12H2. The van der Waals surface area contributed by atoms with E-state index in [0.717, 1.165) is 24.4 Å². The molecule has 2 aromatic heterocycles. The van der Waals surface area contributed by atoms with E-state index in [9.17, 15) is 0 Å². The lowest BCUT2D eigenvalue weighted by atomic mass is 9.91. The predicted molar refractivity (Wildman–Crippen MR) is 120 cm³/mol. The Labute approximate surface area is 174 Å². The molecule has 0 bridgehead atoms. The van der Waals surface area contributed by atoms with Gasteiger partial charge in [-0.15, -0.1) is 0 Å². The lowest BCUT2D eigenvalue weighted by molar-refractivity contribution is 0.456. The summed E-state index contributed by atoms with van der Waals surface area (Å²) in [6.45, 7) is 0.973. The van der Waals surface area contributed by atoms with Crippen molar-refractivity contribution in [2.45, 2.75) is 31.7 Å². The van der Waals surface area contributed by atoms with E-state index >= 15 is 0 Å². The van der Waals surface area contributed by atoms with Gasteiger partial charge >= 0.3 is 0 Å². The van der Waals surface area contributed by atoms with Crippen LogP contribution in [0.5, 0.6) is 0 Å². The van der Waals surface area contributed by atoms with Gasteiger partial charge in [-0.1, -0.05) is 29.8 Å². The van der Waals surface area contributed by atoms with Crippen molar-refractivity contribution in [1.29, 1.82) is 0 Å². The van der Waals surface area contributed by atoms with Gasteiger partial charge in [0.2, 0.25) is 0 Å². The molecular weight excluding hydrogens is 384 g/mol. The Bertz CT molecular complexity index is 1080. The topological polar surface area (TPSA) is 27.8 Å². The second-order valence-electron chi connectivity index (χ2n) is 7.57. The molecule has 1 atom stereocenters. The molecule has 142 valence electrons. The molecule has 0 saturated carbocycles. The number of rotatable bonds is 5. The van der Waals surface area contributed by atoms with Gasteiger partial charge in [0.15, 0.2) is 0 Å². The zero-order chi connectivity index (χ0) is 18.9. The molecule has 4 heteroatoms. The van der Waals surface area contributed by atoms with Crippen LogP contribution in [0.3, 0.4) is 0 Å². The minimum Gasteiger partial charge on any atom is -0.357 e. The van der Waals surface area contributed by atoms with Crippen LogP contribution in [0.25, 0.3) is 22.0 Å². The molecule has 2 nitrogen and oxygen atoms in total. The maximum Gasteiger partial charge on any atom is 0.0476 e. The molecule has 1 unspecified atom stereocenters. The average Bonchev–Trinajstić information content (AvgIpc) is 3.37. The van der Waals surface area contributed by atoms with Gasteiger partial charge in [-0.2, -0.15) is 11.3 Å². The van der Waals surface area contributed by atoms with Gasteiger partial charge in [-0.25, -0.2) is 0 Å². The molecule has 0 amide bonds. The second kappa shape index (κ2) is 7.75. The summed E-state index contributed by atoms with van der Waals surface area (Å²) in [6.07, 6.45) is 4.61. The lowest BCUT2D eigenvalue weighted by Gasteiger charge is -2.24. The highest BCUT2D eigenvalue weighted by Crippen LogP contribution is 2.36. The van der Waals surface area contributed by atoms with Crippen LogP contribution in [0.1, 0.15) is 35.7 Å². The first-order valence-electron chi connectivity index (χ1n) is 9.93. The fraction of sp³-hybridized carbons (Fsp3) is 0.250. The Morgan fingerprint density at radius 1 is 1.07 bits per heavy atom. The quantitative estimate of drug-likeness (QED) is 0.376. The van der Waals surface area contributed by atoms with E-state index in [1.807, 2.05) is 12.1 Å². The van der Waals surface area contributed by atoms with Crippen LogP contribution in [0, 0.1) is 0 Å². The van der Waals surface area contributed by atoms with Crippen LogP contribution >= 0.6 is 22.9 Å². The molecule has 0 radical (unpaired) electrons. The van der Waals surface area contributed by atoms with E-state index in [0.29, 0.717) is 6.04 Å². The summed E-state index contributed by atoms with van der Waals surface area (Å²) < 4.78 is 0. The molecule has 1 aliphatic carbocycles. The van der Waals surface area contributed by atoms with E-state index in [1.165, 1.54) is 51.7 Å². The molecule has 0 aliphatic heterocycles. The summed E-state index contributed by atoms with van der Waals surface area (Å²) in [7, 11) is 0. The Kier molecular flexibility index (Phi) is 4.98. The molecule has 0 saturated heterocycles. The van der Waals surface area contributed by atoms with Crippen LogP contribution in [0.4, 0.5) is 0 Å². The molecule has 0 spiro atoms. The number of aromatic nitrogens is 1. The summed E-state index contributed by atoms with van der Waals surface area (Å²) in [5.74, 6) is 0. The van der Waals surface area contributed by atoms with Gasteiger partial charge in [-0.05, 0) is 95.6 Å². The number of halogens is 1. The summed E-state index contributed by atoms with van der Waals surface area (Å²) in [6, 6.07) is 17.6. The van der Waals surface area contributed by atoms with Crippen molar-refractivity contribution in [3.63, 3.8) is 0 Å². The van der Waals surface area contributed by atoms with Crippen molar-refractivity contribution < 1.29 is 0 Å². The molecule has 2 heterocycles. The van der Waals surface area contributed by atoms with Crippen molar-refractivity contribution in [2.75, 3.05) is 6.54 Å². The summed E-state index contributed by atoms with van der Waals surface area (Å²) in [5.41, 5.74) is 8.10. The van der Waals surface area contributed by atoms with E-state index < -0.39 is 0 Å². The number of thiophene rings is 1. The van der Waals surface area contributed by atoms with E-state index in [1.54, 1.807) is 11.3 Å². The Morgan fingerprint density at radius 3 is 2.79 bits per heavy atom. The number of hydrogen-bond donors (Lipinski definition) is 2. The number of hydrogen-bond acceptors (Lipinski definition) is 2. The van der Waals surface area contributed by atoms with Crippen LogP contribution in [0.15, 0.2) is 59.3 Å². The van der Waals surface area contributed by atoms with Crippen LogP contribution in [-0.2, 0) is 12.8 Å². The third kappa shape index (κ3) is 3.50. The summed E-state index contributed by atoms with van der Waals surface area (Å²) >= 11 is 7.74. The molecule has 5 rings (SSSR count). The number of nitrogens with one attached hydrogen (secondary N) is 2. The van der Waals surface area contributed by atoms with Gasteiger partial charge in [0.05, 0.1) is 0 Å². The SMILES string of the molecule is Clc1ccc(CCNC2CCCc3c2[nH]c2ccc(-c4ccsc4)cc32)cc1. The second-order valence-corrected chi connectivity index (χ2v) is 8.78. The first-order chi connectivity index (χ1) is 13.8. The van der Waals surface area contributed by atoms with E-state index in [4.69, 9.17) is 11.6 Å². The van der Waals surface area contributed by atoms with Gasteiger partial charge in [0.1, 0.15) is 0 Å². The molecule has 2 N–H and O–H groups in total. The van der Waals surface area contributed by atoms with E-state index in [2.05, 4.69) is 57.5 Å². The fourth-order valence-corrected chi connectivity index (χ4v) is 5.11. The van der Waals surface area contributed by atoms with Crippen molar-refractivity contribution in [3.05, 3.63) is 81.1 Å². The molecular formula is C24H23ClN2S. The van der Waals surface area contributed by atoms with Crippen molar-refractivity contribution in [2.24, 2.45) is 0 Å². The predicted octanol–water partition coefficient (Wildman–Crippen LogP) is 6.76. The first-order valence-corrected chi connectivity index (χ1v) is 11.2. The molecule has 2 aromatic carbocycles. The number of fused-ring (bicyclic) bond motifs is 3. The lowest BCUT2D eigenvalue weighted by Crippen LogP contribution is -2.27. The monoisotopic (exact) mass is 406 g/mol. The highest BCUT2D eigenvalue weighted by atomic mass is 35.5. The van der Waals surface area contributed by atoms with E-state index in [-0.39, 0.29) is 0 Å². The molecule has 28 heavy (non-hydrogen) atoms. The largest absolute Gasteiger partial charge is 0.357 e. The molecule has 4 aromatic rings. The number of aromatic amines is 1. The van der Waals surface area contributed by atoms with Gasteiger partial charge in [-0.3, -0.25) is 0 Å². The van der Waals surface area contributed by atoms with Crippen molar-refractivity contribution in [1.82, 2.24) is 10.3 Å². The Balaban J connectivity index is 1.37. The number of aryl methyl sites for hydroxylation is 1. The van der Waals surface area contributed by atoms with Crippen LogP contribution < -0.4 is 5.32 Å². The van der Waals surface area contributed by atoms with Crippen LogP contribution in [0.2, 0.25) is 5.02 Å². The van der Waals surface area contributed by atoms with Crippen molar-refractivity contribution >= 4 is 33.8 Å². The zero-order valence-corrected chi connectivity index (χ0v) is 17.2. The zero-order valence-electron chi connectivity index (χ0n) is 15.7. The van der Waals surface area contributed by atoms with Gasteiger partial charge in [0, 0.05) is 27.7 Å². The van der Waals surface area contributed by atoms with Crippen molar-refractivity contribution in [3.8, 4) is 11.1 Å². The first kappa shape index (κ1) is 18.0. The maximum absolute atomic E-state index is 5.99. The number of benzene rings is 2. The molecule has 0 fully saturated rings. The Hall–Kier alpha value is -2.07. The highest BCUT2D eigenvalue weighted by Gasteiger charge is 2.24. The summed E-state index contributed by atoms with van der Waals surface area (Å²) in [4.78, 5) is 3.72. The number of H-pyrrole nitrogens is 1. The average molecular weight is 407 g/mol. The third-order valence-corrected chi connectivity index (χ3v) is 6.71. The smallest absolute Gasteiger partial charge is 0.0476 e. The summed E-state index contributed by atoms with van der Waals surface area (Å²) in [5, 5.41) is 10.3.